The number of nitrogens with one attached hydrogen (secondary N) is 1. The van der Waals surface area contributed by atoms with Crippen molar-refractivity contribution >= 4 is 20.8 Å². The molecule has 0 radical (unpaired) electrons. The van der Waals surface area contributed by atoms with Gasteiger partial charge in [0, 0.05) is 37.3 Å². The monoisotopic (exact) mass is 668 g/mol. The van der Waals surface area contributed by atoms with Crippen LogP contribution in [0.4, 0.5) is 0 Å². The van der Waals surface area contributed by atoms with Gasteiger partial charge in [0.25, 0.3) is 0 Å². The molecule has 0 amide bonds. The van der Waals surface area contributed by atoms with Gasteiger partial charge in [0.15, 0.2) is 33.3 Å². The van der Waals surface area contributed by atoms with Crippen molar-refractivity contribution in [3.63, 3.8) is 0 Å². The molecule has 1 aliphatic rings. The van der Waals surface area contributed by atoms with E-state index in [4.69, 9.17) is 32.8 Å². The van der Waals surface area contributed by atoms with E-state index < -0.39 is 26.9 Å². The number of hydrogen-bond acceptors (Lipinski definition) is 12. The quantitative estimate of drug-likeness (QED) is 0.226. The van der Waals surface area contributed by atoms with Crippen molar-refractivity contribution in [3.8, 4) is 45.8 Å². The van der Waals surface area contributed by atoms with Crippen LogP contribution in [-0.2, 0) is 9.84 Å². The summed E-state index contributed by atoms with van der Waals surface area (Å²) in [6, 6.07) is 13.3. The molecule has 0 saturated carbocycles. The minimum atomic E-state index is -3.71. The van der Waals surface area contributed by atoms with Crippen molar-refractivity contribution in [2.24, 2.45) is 0 Å². The summed E-state index contributed by atoms with van der Waals surface area (Å²) in [4.78, 5) is 16.5. The van der Waals surface area contributed by atoms with E-state index in [1.165, 1.54) is 35.5 Å². The summed E-state index contributed by atoms with van der Waals surface area (Å²) in [5.74, 6) is 1.74. The summed E-state index contributed by atoms with van der Waals surface area (Å²) >= 11 is 0. The zero-order valence-corrected chi connectivity index (χ0v) is 28.4. The van der Waals surface area contributed by atoms with Gasteiger partial charge in [-0.15, -0.1) is 0 Å². The first-order valence-corrected chi connectivity index (χ1v) is 16.6. The number of piperazine rings is 1. The van der Waals surface area contributed by atoms with Crippen molar-refractivity contribution in [1.29, 1.82) is 0 Å². The minimum absolute atomic E-state index is 0.0847. The lowest BCUT2D eigenvalue weighted by atomic mass is 10.1. The molecule has 252 valence electrons. The molecule has 1 aromatic heterocycles. The molecule has 2 atom stereocenters. The lowest BCUT2D eigenvalue weighted by molar-refractivity contribution is 0.00956. The number of aryl methyl sites for hydroxylation is 1. The van der Waals surface area contributed by atoms with E-state index in [-0.39, 0.29) is 39.7 Å². The maximum atomic E-state index is 14.4. The molecule has 1 N–H and O–H groups in total. The van der Waals surface area contributed by atoms with Crippen LogP contribution in [0.1, 0.15) is 18.9 Å². The van der Waals surface area contributed by atoms with Gasteiger partial charge in [-0.2, -0.15) is 0 Å². The Bertz CT molecular complexity index is 1880. The van der Waals surface area contributed by atoms with Crippen LogP contribution in [0, 0.1) is 6.92 Å². The maximum Gasteiger partial charge on any atom is 0.239 e. The highest BCUT2D eigenvalue weighted by atomic mass is 32.2. The second-order valence-electron chi connectivity index (χ2n) is 11.0. The molecule has 3 aromatic carbocycles. The van der Waals surface area contributed by atoms with Crippen molar-refractivity contribution in [3.05, 3.63) is 64.3 Å². The Balaban J connectivity index is 1.63. The third-order valence-corrected chi connectivity index (χ3v) is 10.2. The predicted molar refractivity (Wildman–Crippen MR) is 177 cm³/mol. The van der Waals surface area contributed by atoms with Crippen LogP contribution in [0.5, 0.6) is 34.5 Å². The highest BCUT2D eigenvalue weighted by Crippen LogP contribution is 2.44. The number of sulfone groups is 1. The van der Waals surface area contributed by atoms with E-state index in [0.29, 0.717) is 48.1 Å². The second-order valence-corrected chi connectivity index (χ2v) is 13.1. The third-order valence-electron chi connectivity index (χ3n) is 8.18. The van der Waals surface area contributed by atoms with E-state index in [1.807, 2.05) is 18.7 Å². The van der Waals surface area contributed by atoms with Gasteiger partial charge in [-0.25, -0.2) is 8.42 Å². The molecule has 0 aliphatic carbocycles. The van der Waals surface area contributed by atoms with E-state index in [2.05, 4.69) is 5.32 Å². The van der Waals surface area contributed by atoms with Crippen LogP contribution in [0.25, 0.3) is 22.3 Å². The normalized spacial score (nSPS) is 16.0. The molecule has 47 heavy (non-hydrogen) atoms. The molecule has 0 bridgehead atoms. The molecule has 1 saturated heterocycles. The van der Waals surface area contributed by atoms with Gasteiger partial charge in [0.2, 0.25) is 16.9 Å². The summed E-state index contributed by atoms with van der Waals surface area (Å²) in [5.41, 5.74) is 1.12. The van der Waals surface area contributed by atoms with E-state index in [9.17, 15) is 13.2 Å². The van der Waals surface area contributed by atoms with Crippen LogP contribution in [-0.4, -0.2) is 80.1 Å². The zero-order valence-electron chi connectivity index (χ0n) is 27.5. The van der Waals surface area contributed by atoms with Gasteiger partial charge >= 0.3 is 0 Å². The highest BCUT2D eigenvalue weighted by Gasteiger charge is 2.36. The number of fused-ring (bicyclic) bond motifs is 1. The average Bonchev–Trinajstić information content (AvgIpc) is 3.10. The molecule has 0 spiro atoms. The number of rotatable bonds is 12. The average molecular weight is 669 g/mol. The summed E-state index contributed by atoms with van der Waals surface area (Å²) in [5, 5.41) is 2.43. The smallest absolute Gasteiger partial charge is 0.239 e. The number of methoxy groups -OCH3 is 5. The molecule has 13 heteroatoms. The van der Waals surface area contributed by atoms with Crippen molar-refractivity contribution in [1.82, 2.24) is 10.2 Å². The molecular weight excluding hydrogens is 628 g/mol. The SMILES string of the molecule is CCC(Oc1c(-c2cc(OC)c(OC)c(OC)c2)oc2cc(OC)cc(OC)c2c1=O)N1CCNC(S(=O)(=O)c2ccc(C)cc2)C1. The van der Waals surface area contributed by atoms with Crippen LogP contribution in [0.2, 0.25) is 0 Å². The number of benzene rings is 3. The fourth-order valence-corrected chi connectivity index (χ4v) is 7.25. The molecule has 1 aliphatic heterocycles. The largest absolute Gasteiger partial charge is 0.496 e. The van der Waals surface area contributed by atoms with Gasteiger partial charge in [-0.3, -0.25) is 15.0 Å². The Morgan fingerprint density at radius 2 is 1.55 bits per heavy atom. The van der Waals surface area contributed by atoms with Gasteiger partial charge in [-0.05, 0) is 37.6 Å². The van der Waals surface area contributed by atoms with Crippen molar-refractivity contribution < 1.29 is 41.3 Å². The number of ether oxygens (including phenoxy) is 6. The van der Waals surface area contributed by atoms with Crippen molar-refractivity contribution in [2.45, 2.75) is 36.8 Å². The molecule has 12 nitrogen and oxygen atoms in total. The minimum Gasteiger partial charge on any atom is -0.496 e. The summed E-state index contributed by atoms with van der Waals surface area (Å²) in [7, 11) is 3.72. The maximum absolute atomic E-state index is 14.4. The predicted octanol–water partition coefficient (Wildman–Crippen LogP) is 4.63. The van der Waals surface area contributed by atoms with Crippen molar-refractivity contribution in [2.75, 3.05) is 55.2 Å². The number of hydrogen-bond donors (Lipinski definition) is 1. The summed E-state index contributed by atoms with van der Waals surface area (Å²) in [6.07, 6.45) is -0.248. The molecule has 2 heterocycles. The first kappa shape index (κ1) is 33.9. The lowest BCUT2D eigenvalue weighted by Gasteiger charge is -2.38. The standard InChI is InChI=1S/C34H40N2O10S/c1-8-29(36-14-13-35-28(19-36)47(38,39)23-11-9-20(2)10-12-23)46-34-31(37)30-24(41-4)17-22(40-3)18-25(30)45-32(34)21-15-26(42-5)33(44-7)27(16-21)43-6/h9-12,15-18,28-29,35H,8,13-14,19H2,1-7H3. The topological polar surface area (TPSA) is 135 Å². The second kappa shape index (κ2) is 14.1. The first-order chi connectivity index (χ1) is 22.6. The molecule has 2 unspecified atom stereocenters. The van der Waals surface area contributed by atoms with Crippen LogP contribution in [0.15, 0.2) is 62.6 Å². The first-order valence-electron chi connectivity index (χ1n) is 15.1. The molecular formula is C34H40N2O10S. The van der Waals surface area contributed by atoms with Crippen LogP contribution in [0.3, 0.4) is 0 Å². The van der Waals surface area contributed by atoms with Gasteiger partial charge in [-0.1, -0.05) is 24.6 Å². The van der Waals surface area contributed by atoms with E-state index in [0.717, 1.165) is 5.56 Å². The summed E-state index contributed by atoms with van der Waals surface area (Å²) < 4.78 is 67.8. The van der Waals surface area contributed by atoms with Crippen LogP contribution >= 0.6 is 0 Å². The highest BCUT2D eigenvalue weighted by molar-refractivity contribution is 7.92. The lowest BCUT2D eigenvalue weighted by Crippen LogP contribution is -2.57. The van der Waals surface area contributed by atoms with Gasteiger partial charge in [0.1, 0.15) is 27.8 Å². The van der Waals surface area contributed by atoms with Gasteiger partial charge < -0.3 is 32.8 Å². The molecule has 1 fully saturated rings. The fraction of sp³-hybridized carbons (Fsp3) is 0.382. The number of nitrogens with zero attached hydrogens (tertiary/aromatic N) is 1. The Morgan fingerprint density at radius 3 is 2.13 bits per heavy atom. The van der Waals surface area contributed by atoms with Crippen LogP contribution < -0.4 is 39.2 Å². The zero-order chi connectivity index (χ0) is 33.9. The Morgan fingerprint density at radius 1 is 0.894 bits per heavy atom. The third kappa shape index (κ3) is 6.55. The molecule has 5 rings (SSSR count). The fourth-order valence-electron chi connectivity index (χ4n) is 5.68. The molecule has 4 aromatic rings. The Labute approximate surface area is 274 Å². The summed E-state index contributed by atoms with van der Waals surface area (Å²) in [6.45, 7) is 4.83. The Hall–Kier alpha value is -4.46. The van der Waals surface area contributed by atoms with E-state index in [1.54, 1.807) is 48.5 Å². The van der Waals surface area contributed by atoms with E-state index >= 15 is 0 Å². The van der Waals surface area contributed by atoms with Gasteiger partial charge in [0.05, 0.1) is 40.4 Å². The Kier molecular flexibility index (Phi) is 10.2.